The number of nitrogens with zero attached hydrogens (tertiary/aromatic N) is 4. The van der Waals surface area contributed by atoms with Gasteiger partial charge in [0.05, 0.1) is 27.7 Å². The normalized spacial score (nSPS) is 17.7. The lowest BCUT2D eigenvalue weighted by molar-refractivity contribution is -0.384. The van der Waals surface area contributed by atoms with Crippen LogP contribution in [0.25, 0.3) is 21.9 Å². The third-order valence-corrected chi connectivity index (χ3v) is 5.85. The van der Waals surface area contributed by atoms with Crippen LogP contribution in [0.2, 0.25) is 0 Å². The van der Waals surface area contributed by atoms with Gasteiger partial charge < -0.3 is 10.4 Å². The summed E-state index contributed by atoms with van der Waals surface area (Å²) in [6, 6.07) is 4.63. The van der Waals surface area contributed by atoms with Crippen LogP contribution in [0.3, 0.4) is 0 Å². The smallest absolute Gasteiger partial charge is 0.270 e. The number of nitro groups is 1. The van der Waals surface area contributed by atoms with Crippen molar-refractivity contribution in [2.75, 3.05) is 5.32 Å². The molecule has 0 bridgehead atoms. The van der Waals surface area contributed by atoms with Gasteiger partial charge in [-0.2, -0.15) is 5.10 Å². The van der Waals surface area contributed by atoms with E-state index >= 15 is 0 Å². The summed E-state index contributed by atoms with van der Waals surface area (Å²) in [5, 5.41) is 31.7. The van der Waals surface area contributed by atoms with Crippen molar-refractivity contribution in [3.05, 3.63) is 34.5 Å². The van der Waals surface area contributed by atoms with E-state index in [1.165, 1.54) is 18.6 Å². The van der Waals surface area contributed by atoms with Crippen molar-refractivity contribution in [3.8, 4) is 0 Å². The Bertz CT molecular complexity index is 1040. The van der Waals surface area contributed by atoms with Crippen LogP contribution >= 0.6 is 0 Å². The van der Waals surface area contributed by atoms with Crippen molar-refractivity contribution in [1.82, 2.24) is 14.8 Å². The molecule has 2 N–H and O–H groups in total. The van der Waals surface area contributed by atoms with Crippen LogP contribution in [0.4, 0.5) is 11.4 Å². The lowest BCUT2D eigenvalue weighted by Gasteiger charge is -2.37. The number of non-ortho nitro benzene ring substituents is 1. The Hall–Kier alpha value is -2.74. The zero-order valence-electron chi connectivity index (χ0n) is 16.2. The summed E-state index contributed by atoms with van der Waals surface area (Å²) in [5.41, 5.74) is 0.859. The van der Waals surface area contributed by atoms with Gasteiger partial charge in [-0.25, -0.2) is 9.67 Å². The molecule has 1 atom stereocenters. The second-order valence-electron chi connectivity index (χ2n) is 7.75. The number of hydrogen-bond donors (Lipinski definition) is 2. The highest BCUT2D eigenvalue weighted by Gasteiger charge is 2.34. The predicted molar refractivity (Wildman–Crippen MR) is 108 cm³/mol. The molecule has 1 fully saturated rings. The van der Waals surface area contributed by atoms with Crippen molar-refractivity contribution < 1.29 is 10.0 Å². The largest absolute Gasteiger partial charge is 0.371 e. The van der Waals surface area contributed by atoms with E-state index < -0.39 is 10.6 Å². The monoisotopic (exact) mass is 383 g/mol. The molecule has 0 spiro atoms. The van der Waals surface area contributed by atoms with Gasteiger partial charge in [-0.15, -0.1) is 0 Å². The van der Waals surface area contributed by atoms with E-state index in [4.69, 9.17) is 0 Å². The van der Waals surface area contributed by atoms with Gasteiger partial charge in [0.25, 0.3) is 5.69 Å². The molecule has 0 radical (unpaired) electrons. The number of nitrogens with one attached hydrogen (secondary N) is 1. The summed E-state index contributed by atoms with van der Waals surface area (Å²) in [6.45, 7) is 4.44. The maximum absolute atomic E-state index is 11.3. The molecule has 2 heterocycles. The maximum Gasteiger partial charge on any atom is 0.270 e. The zero-order valence-corrected chi connectivity index (χ0v) is 16.2. The number of aromatic nitrogens is 3. The fourth-order valence-corrected chi connectivity index (χ4v) is 4.25. The Balaban J connectivity index is 1.90. The van der Waals surface area contributed by atoms with Gasteiger partial charge in [0.1, 0.15) is 5.72 Å². The number of pyridine rings is 1. The van der Waals surface area contributed by atoms with E-state index in [0.29, 0.717) is 28.8 Å². The fraction of sp³-hybridized carbons (Fsp3) is 0.500. The Morgan fingerprint density at radius 2 is 2.07 bits per heavy atom. The zero-order chi connectivity index (χ0) is 19.9. The van der Waals surface area contributed by atoms with Gasteiger partial charge in [0, 0.05) is 30.0 Å². The number of anilines is 1. The van der Waals surface area contributed by atoms with Crippen LogP contribution in [0.5, 0.6) is 0 Å². The number of benzene rings is 1. The molecule has 0 saturated heterocycles. The van der Waals surface area contributed by atoms with Crippen molar-refractivity contribution >= 4 is 33.3 Å². The molecule has 0 unspecified atom stereocenters. The summed E-state index contributed by atoms with van der Waals surface area (Å²) < 4.78 is 1.79. The first-order valence-electron chi connectivity index (χ1n) is 9.85. The second kappa shape index (κ2) is 7.01. The molecule has 0 aliphatic heterocycles. The number of rotatable bonds is 5. The summed E-state index contributed by atoms with van der Waals surface area (Å²) in [4.78, 5) is 15.6. The van der Waals surface area contributed by atoms with Gasteiger partial charge in [-0.1, -0.05) is 19.3 Å². The molecule has 8 heteroatoms. The summed E-state index contributed by atoms with van der Waals surface area (Å²) >= 11 is 0. The van der Waals surface area contributed by atoms with E-state index in [9.17, 15) is 15.2 Å². The van der Waals surface area contributed by atoms with Crippen LogP contribution in [0, 0.1) is 16.0 Å². The molecule has 2 aromatic heterocycles. The average molecular weight is 383 g/mol. The summed E-state index contributed by atoms with van der Waals surface area (Å²) in [6.07, 6.45) is 7.04. The molecule has 1 aliphatic carbocycles. The van der Waals surface area contributed by atoms with E-state index in [1.54, 1.807) is 23.9 Å². The number of aliphatic hydroxyl groups is 1. The standard InChI is InChI=1S/C20H25N5O3/c1-3-24-19-16(12-21-24)18(23-20(2,26)13-7-5-4-6-8-13)15-11-14(25(27)28)9-10-17(15)22-19/h9-13,26H,3-8H2,1-2H3,(H,22,23)/t20-/m0/s1. The van der Waals surface area contributed by atoms with Crippen molar-refractivity contribution in [3.63, 3.8) is 0 Å². The fourth-order valence-electron chi connectivity index (χ4n) is 4.25. The lowest BCUT2D eigenvalue weighted by atomic mass is 9.82. The SMILES string of the molecule is CCn1ncc2c(N[C@@](C)(O)C3CCCCC3)c3cc([N+](=O)[O-])ccc3nc21. The van der Waals surface area contributed by atoms with Crippen LogP contribution < -0.4 is 5.32 Å². The molecular formula is C20H25N5O3. The Morgan fingerprint density at radius 3 is 2.75 bits per heavy atom. The maximum atomic E-state index is 11.3. The minimum atomic E-state index is -1.12. The topological polar surface area (TPSA) is 106 Å². The molecular weight excluding hydrogens is 358 g/mol. The molecule has 148 valence electrons. The molecule has 1 saturated carbocycles. The van der Waals surface area contributed by atoms with Crippen LogP contribution in [-0.4, -0.2) is 30.5 Å². The van der Waals surface area contributed by atoms with Crippen LogP contribution in [-0.2, 0) is 6.54 Å². The van der Waals surface area contributed by atoms with E-state index in [2.05, 4.69) is 15.4 Å². The molecule has 0 amide bonds. The summed E-state index contributed by atoms with van der Waals surface area (Å²) in [7, 11) is 0. The quantitative estimate of drug-likeness (QED) is 0.388. The van der Waals surface area contributed by atoms with Gasteiger partial charge in [-0.05, 0) is 32.8 Å². The predicted octanol–water partition coefficient (Wildman–Crippen LogP) is 4.21. The third-order valence-electron chi connectivity index (χ3n) is 5.85. The minimum Gasteiger partial charge on any atom is -0.371 e. The molecule has 3 aromatic rings. The molecule has 8 nitrogen and oxygen atoms in total. The Kier molecular flexibility index (Phi) is 4.66. The van der Waals surface area contributed by atoms with Crippen molar-refractivity contribution in [2.24, 2.45) is 5.92 Å². The average Bonchev–Trinajstić information content (AvgIpc) is 3.11. The number of fused-ring (bicyclic) bond motifs is 2. The molecule has 1 aromatic carbocycles. The van der Waals surface area contributed by atoms with E-state index in [-0.39, 0.29) is 11.6 Å². The van der Waals surface area contributed by atoms with Gasteiger partial charge in [-0.3, -0.25) is 10.1 Å². The molecule has 1 aliphatic rings. The first-order valence-corrected chi connectivity index (χ1v) is 9.85. The van der Waals surface area contributed by atoms with Crippen LogP contribution in [0.15, 0.2) is 24.4 Å². The first kappa shape index (κ1) is 18.6. The van der Waals surface area contributed by atoms with Crippen LogP contribution in [0.1, 0.15) is 46.0 Å². The summed E-state index contributed by atoms with van der Waals surface area (Å²) in [5.74, 6) is 0.124. The highest BCUT2D eigenvalue weighted by Crippen LogP contribution is 2.38. The van der Waals surface area contributed by atoms with Gasteiger partial charge in [0.2, 0.25) is 0 Å². The van der Waals surface area contributed by atoms with E-state index in [1.807, 2.05) is 6.92 Å². The number of hydrogen-bond acceptors (Lipinski definition) is 6. The third kappa shape index (κ3) is 3.17. The Morgan fingerprint density at radius 1 is 1.32 bits per heavy atom. The molecule has 4 rings (SSSR count). The van der Waals surface area contributed by atoms with Crippen molar-refractivity contribution in [1.29, 1.82) is 0 Å². The van der Waals surface area contributed by atoms with Gasteiger partial charge in [0.15, 0.2) is 5.65 Å². The van der Waals surface area contributed by atoms with E-state index in [0.717, 1.165) is 31.1 Å². The van der Waals surface area contributed by atoms with Crippen molar-refractivity contribution in [2.45, 2.75) is 58.2 Å². The second-order valence-corrected chi connectivity index (χ2v) is 7.75. The lowest BCUT2D eigenvalue weighted by Crippen LogP contribution is -2.43. The highest BCUT2D eigenvalue weighted by molar-refractivity contribution is 6.07. The first-order chi connectivity index (χ1) is 13.4. The molecule has 28 heavy (non-hydrogen) atoms. The highest BCUT2D eigenvalue weighted by atomic mass is 16.6. The minimum absolute atomic E-state index is 0.00288. The van der Waals surface area contributed by atoms with Gasteiger partial charge >= 0.3 is 0 Å². The number of nitro benzene ring substituents is 1. The Labute approximate surface area is 162 Å². The number of aryl methyl sites for hydroxylation is 1.